The Kier molecular flexibility index (Phi) is 4.23. The van der Waals surface area contributed by atoms with E-state index in [1.165, 1.54) is 0 Å². The summed E-state index contributed by atoms with van der Waals surface area (Å²) in [7, 11) is 0. The highest BCUT2D eigenvalue weighted by Crippen LogP contribution is 2.26. The van der Waals surface area contributed by atoms with Crippen molar-refractivity contribution in [2.45, 2.75) is 45.2 Å². The Hall–Kier alpha value is -2.01. The minimum atomic E-state index is -0.531. The average Bonchev–Trinajstić information content (AvgIpc) is 2.34. The van der Waals surface area contributed by atoms with Gasteiger partial charge in [0.1, 0.15) is 0 Å². The zero-order chi connectivity index (χ0) is 15.5. The lowest BCUT2D eigenvalue weighted by Gasteiger charge is -2.40. The van der Waals surface area contributed by atoms with Gasteiger partial charge >= 0.3 is 6.09 Å². The van der Waals surface area contributed by atoms with Gasteiger partial charge in [0, 0.05) is 28.9 Å². The second-order valence-electron chi connectivity index (χ2n) is 6.56. The van der Waals surface area contributed by atoms with Gasteiger partial charge in [0.25, 0.3) is 0 Å². The first-order valence-electron chi connectivity index (χ1n) is 7.06. The van der Waals surface area contributed by atoms with E-state index in [4.69, 9.17) is 4.84 Å². The van der Waals surface area contributed by atoms with E-state index in [0.29, 0.717) is 5.69 Å². The molecule has 114 valence electrons. The number of hydroxylamine groups is 1. The maximum atomic E-state index is 11.7. The van der Waals surface area contributed by atoms with Crippen LogP contribution >= 0.6 is 0 Å². The van der Waals surface area contributed by atoms with Gasteiger partial charge in [0.05, 0.1) is 0 Å². The fourth-order valence-corrected chi connectivity index (χ4v) is 2.76. The number of hydrogen-bond acceptors (Lipinski definition) is 4. The molecule has 1 aliphatic heterocycles. The Balaban J connectivity index is 1.90. The molecule has 0 aliphatic carbocycles. The van der Waals surface area contributed by atoms with Crippen molar-refractivity contribution in [3.05, 3.63) is 42.1 Å². The lowest BCUT2D eigenvalue weighted by atomic mass is 9.87. The number of hydrogen-bond donors (Lipinski definition) is 3. The first-order valence-corrected chi connectivity index (χ1v) is 7.06. The number of anilines is 1. The van der Waals surface area contributed by atoms with Crippen LogP contribution in [0.2, 0.25) is 0 Å². The summed E-state index contributed by atoms with van der Waals surface area (Å²) < 4.78 is 0. The Labute approximate surface area is 125 Å². The van der Waals surface area contributed by atoms with Crippen LogP contribution in [0.4, 0.5) is 10.5 Å². The summed E-state index contributed by atoms with van der Waals surface area (Å²) in [5.41, 5.74) is 4.15. The van der Waals surface area contributed by atoms with Crippen molar-refractivity contribution in [3.63, 3.8) is 0 Å². The second kappa shape index (κ2) is 5.77. The third kappa shape index (κ3) is 4.79. The molecule has 0 saturated carbocycles. The number of amides is 1. The van der Waals surface area contributed by atoms with Crippen molar-refractivity contribution in [2.24, 2.45) is 0 Å². The zero-order valence-corrected chi connectivity index (χ0v) is 13.0. The van der Waals surface area contributed by atoms with E-state index in [2.05, 4.69) is 43.8 Å². The van der Waals surface area contributed by atoms with Crippen molar-refractivity contribution in [1.29, 1.82) is 0 Å². The lowest BCUT2D eigenvalue weighted by Crippen LogP contribution is -2.55. The van der Waals surface area contributed by atoms with Gasteiger partial charge in [-0.3, -0.25) is 5.32 Å². The van der Waals surface area contributed by atoms with Gasteiger partial charge in [-0.05, 0) is 45.9 Å². The fourth-order valence-electron chi connectivity index (χ4n) is 2.76. The highest BCUT2D eigenvalue weighted by atomic mass is 16.7. The summed E-state index contributed by atoms with van der Waals surface area (Å²) in [6.07, 6.45) is 2.26. The fraction of sp³-hybridized carbons (Fsp3) is 0.438. The maximum absolute atomic E-state index is 11.7. The summed E-state index contributed by atoms with van der Waals surface area (Å²) in [4.78, 5) is 16.8. The number of benzene rings is 1. The SMILES string of the molecule is CC1(C)C=C(NOC(=O)Nc2ccccc2)CC(C)(C)N1. The molecular weight excluding hydrogens is 266 g/mol. The molecule has 3 N–H and O–H groups in total. The smallest absolute Gasteiger partial charge is 0.324 e. The van der Waals surface area contributed by atoms with Gasteiger partial charge in [0.15, 0.2) is 0 Å². The minimum Gasteiger partial charge on any atom is -0.324 e. The first-order chi connectivity index (χ1) is 9.76. The molecule has 1 heterocycles. The molecule has 0 radical (unpaired) electrons. The quantitative estimate of drug-likeness (QED) is 0.748. The number of nitrogens with one attached hydrogen (secondary N) is 3. The molecule has 21 heavy (non-hydrogen) atoms. The van der Waals surface area contributed by atoms with Gasteiger partial charge in [0.2, 0.25) is 0 Å². The summed E-state index contributed by atoms with van der Waals surface area (Å²) in [5, 5.41) is 6.17. The largest absolute Gasteiger partial charge is 0.435 e. The molecular formula is C16H23N3O2. The van der Waals surface area contributed by atoms with E-state index in [1.807, 2.05) is 24.3 Å². The van der Waals surface area contributed by atoms with Gasteiger partial charge in [-0.1, -0.05) is 18.2 Å². The molecule has 0 spiro atoms. The number of para-hydroxylation sites is 1. The van der Waals surface area contributed by atoms with Gasteiger partial charge in [-0.2, -0.15) is 0 Å². The van der Waals surface area contributed by atoms with Crippen LogP contribution in [0.15, 0.2) is 42.1 Å². The molecule has 1 aliphatic rings. The Bertz CT molecular complexity index is 536. The molecule has 5 heteroatoms. The van der Waals surface area contributed by atoms with Crippen LogP contribution in [0, 0.1) is 0 Å². The normalized spacial score (nSPS) is 19.3. The molecule has 1 aromatic rings. The van der Waals surface area contributed by atoms with Gasteiger partial charge in [-0.25, -0.2) is 10.3 Å². The van der Waals surface area contributed by atoms with E-state index >= 15 is 0 Å². The Morgan fingerprint density at radius 2 is 1.86 bits per heavy atom. The molecule has 2 rings (SSSR count). The second-order valence-corrected chi connectivity index (χ2v) is 6.56. The predicted octanol–water partition coefficient (Wildman–Crippen LogP) is 3.17. The van der Waals surface area contributed by atoms with Gasteiger partial charge < -0.3 is 10.2 Å². The van der Waals surface area contributed by atoms with E-state index in [1.54, 1.807) is 12.1 Å². The van der Waals surface area contributed by atoms with Crippen LogP contribution in [0.25, 0.3) is 0 Å². The van der Waals surface area contributed by atoms with Crippen molar-refractivity contribution < 1.29 is 9.63 Å². The van der Waals surface area contributed by atoms with Crippen molar-refractivity contribution in [2.75, 3.05) is 5.32 Å². The number of rotatable bonds is 3. The van der Waals surface area contributed by atoms with Crippen LogP contribution < -0.4 is 16.1 Å². The van der Waals surface area contributed by atoms with Gasteiger partial charge in [-0.15, -0.1) is 0 Å². The summed E-state index contributed by atoms with van der Waals surface area (Å²) in [6.45, 7) is 8.40. The third-order valence-electron chi connectivity index (χ3n) is 3.12. The molecule has 5 nitrogen and oxygen atoms in total. The Morgan fingerprint density at radius 3 is 2.48 bits per heavy atom. The first kappa shape index (κ1) is 15.4. The van der Waals surface area contributed by atoms with Crippen molar-refractivity contribution in [3.8, 4) is 0 Å². The molecule has 1 aromatic carbocycles. The number of carbonyl (C=O) groups is 1. The molecule has 0 bridgehead atoms. The van der Waals surface area contributed by atoms with E-state index in [9.17, 15) is 4.79 Å². The number of carbonyl (C=O) groups excluding carboxylic acids is 1. The van der Waals surface area contributed by atoms with Crippen LogP contribution in [0.5, 0.6) is 0 Å². The maximum Gasteiger partial charge on any atom is 0.435 e. The molecule has 0 atom stereocenters. The third-order valence-corrected chi connectivity index (χ3v) is 3.12. The van der Waals surface area contributed by atoms with E-state index in [0.717, 1.165) is 12.1 Å². The molecule has 0 saturated heterocycles. The summed E-state index contributed by atoms with van der Waals surface area (Å²) in [5.74, 6) is 0. The monoisotopic (exact) mass is 289 g/mol. The van der Waals surface area contributed by atoms with E-state index < -0.39 is 6.09 Å². The van der Waals surface area contributed by atoms with Crippen LogP contribution in [0.1, 0.15) is 34.1 Å². The highest BCUT2D eigenvalue weighted by Gasteiger charge is 2.32. The molecule has 0 fully saturated rings. The average molecular weight is 289 g/mol. The van der Waals surface area contributed by atoms with Crippen LogP contribution in [-0.2, 0) is 4.84 Å². The Morgan fingerprint density at radius 1 is 1.19 bits per heavy atom. The summed E-state index contributed by atoms with van der Waals surface area (Å²) in [6, 6.07) is 9.19. The van der Waals surface area contributed by atoms with Crippen molar-refractivity contribution in [1.82, 2.24) is 10.8 Å². The minimum absolute atomic E-state index is 0.0557. The molecule has 0 unspecified atom stereocenters. The van der Waals surface area contributed by atoms with Crippen LogP contribution in [0.3, 0.4) is 0 Å². The standard InChI is InChI=1S/C16H23N3O2/c1-15(2)10-13(11-16(3,4)19-15)18-21-14(20)17-12-8-6-5-7-9-12/h5-10,18-19H,11H2,1-4H3,(H,17,20). The molecule has 1 amide bonds. The topological polar surface area (TPSA) is 62.4 Å². The molecule has 0 aromatic heterocycles. The zero-order valence-electron chi connectivity index (χ0n) is 13.0. The lowest BCUT2D eigenvalue weighted by molar-refractivity contribution is 0.110. The predicted molar refractivity (Wildman–Crippen MR) is 83.7 cm³/mol. The highest BCUT2D eigenvalue weighted by molar-refractivity contribution is 5.84. The van der Waals surface area contributed by atoms with Crippen LogP contribution in [-0.4, -0.2) is 17.2 Å². The van der Waals surface area contributed by atoms with E-state index in [-0.39, 0.29) is 11.1 Å². The van der Waals surface area contributed by atoms with Crippen molar-refractivity contribution >= 4 is 11.8 Å². The summed E-state index contributed by atoms with van der Waals surface area (Å²) >= 11 is 0.